The van der Waals surface area contributed by atoms with Gasteiger partial charge in [-0.3, -0.25) is 0 Å². The minimum atomic E-state index is -0.643. The van der Waals surface area contributed by atoms with Crippen molar-refractivity contribution in [1.29, 1.82) is 0 Å². The number of carbonyl (C=O) groups excluding carboxylic acids is 1. The van der Waals surface area contributed by atoms with E-state index >= 15 is 0 Å². The molecule has 0 aliphatic heterocycles. The Kier molecular flexibility index (Phi) is 8.75. The van der Waals surface area contributed by atoms with Gasteiger partial charge in [0.2, 0.25) is 0 Å². The number of methoxy groups -OCH3 is 1. The van der Waals surface area contributed by atoms with Gasteiger partial charge < -0.3 is 19.8 Å². The minimum absolute atomic E-state index is 0.00228. The zero-order valence-corrected chi connectivity index (χ0v) is 21.6. The van der Waals surface area contributed by atoms with Crippen molar-refractivity contribution in [3.63, 3.8) is 0 Å². The summed E-state index contributed by atoms with van der Waals surface area (Å²) in [4.78, 5) is 20.6. The standard InChI is InChI=1S/C29H38FN3O3/c1-20(2)28-23-12-11-22(30)18-21(23)13-14-29(28,36-27(34)19-35-3)15-17-31-16-7-6-10-26-32-24-8-4-5-9-25(24)33-26/h4-5,8-9,11-12,18,20,28,31H,6-7,10,13-17,19H2,1-3H3,(H,32,33). The van der Waals surface area contributed by atoms with E-state index in [1.54, 1.807) is 6.07 Å². The number of aromatic nitrogens is 2. The number of carbonyl (C=O) groups is 1. The van der Waals surface area contributed by atoms with Crippen LogP contribution >= 0.6 is 0 Å². The summed E-state index contributed by atoms with van der Waals surface area (Å²) in [5.41, 5.74) is 3.56. The smallest absolute Gasteiger partial charge is 0.332 e. The number of unbranched alkanes of at least 4 members (excludes halogenated alkanes) is 1. The van der Waals surface area contributed by atoms with Crippen LogP contribution in [0.5, 0.6) is 0 Å². The molecule has 1 aromatic heterocycles. The fraction of sp³-hybridized carbons (Fsp3) is 0.517. The molecule has 1 aliphatic carbocycles. The highest BCUT2D eigenvalue weighted by Crippen LogP contribution is 2.48. The number of esters is 1. The van der Waals surface area contributed by atoms with E-state index in [0.717, 1.165) is 60.3 Å². The molecule has 2 atom stereocenters. The van der Waals surface area contributed by atoms with Gasteiger partial charge in [0.25, 0.3) is 0 Å². The molecule has 0 amide bonds. The monoisotopic (exact) mass is 495 g/mol. The fourth-order valence-electron chi connectivity index (χ4n) is 5.76. The average Bonchev–Trinajstić information content (AvgIpc) is 3.26. The molecule has 4 rings (SSSR count). The molecular weight excluding hydrogens is 457 g/mol. The number of nitrogens with one attached hydrogen (secondary N) is 2. The highest BCUT2D eigenvalue weighted by molar-refractivity contribution is 5.74. The molecule has 2 N–H and O–H groups in total. The van der Waals surface area contributed by atoms with E-state index in [1.807, 2.05) is 30.3 Å². The molecule has 0 bridgehead atoms. The normalized spacial score (nSPS) is 19.5. The molecule has 194 valence electrons. The van der Waals surface area contributed by atoms with E-state index in [2.05, 4.69) is 29.1 Å². The molecule has 0 saturated heterocycles. The lowest BCUT2D eigenvalue weighted by Crippen LogP contribution is -2.49. The number of nitrogens with zero attached hydrogens (tertiary/aromatic N) is 1. The van der Waals surface area contributed by atoms with Gasteiger partial charge in [0, 0.05) is 25.9 Å². The molecule has 0 saturated carbocycles. The number of halogens is 1. The highest BCUT2D eigenvalue weighted by atomic mass is 19.1. The molecule has 1 heterocycles. The van der Waals surface area contributed by atoms with Crippen molar-refractivity contribution >= 4 is 17.0 Å². The number of hydrogen-bond donors (Lipinski definition) is 2. The Morgan fingerprint density at radius 2 is 2.06 bits per heavy atom. The molecule has 2 unspecified atom stereocenters. The molecule has 3 aromatic rings. The highest BCUT2D eigenvalue weighted by Gasteiger charge is 2.47. The molecule has 7 heteroatoms. The summed E-state index contributed by atoms with van der Waals surface area (Å²) >= 11 is 0. The van der Waals surface area contributed by atoms with Gasteiger partial charge in [-0.05, 0) is 80.1 Å². The minimum Gasteiger partial charge on any atom is -0.457 e. The van der Waals surface area contributed by atoms with E-state index in [0.29, 0.717) is 19.3 Å². The zero-order valence-electron chi connectivity index (χ0n) is 21.6. The third-order valence-corrected chi connectivity index (χ3v) is 7.25. The molecule has 6 nitrogen and oxygen atoms in total. The van der Waals surface area contributed by atoms with Gasteiger partial charge in [0.05, 0.1) is 11.0 Å². The maximum Gasteiger partial charge on any atom is 0.332 e. The number of rotatable bonds is 12. The van der Waals surface area contributed by atoms with Gasteiger partial charge in [-0.15, -0.1) is 0 Å². The summed E-state index contributed by atoms with van der Waals surface area (Å²) in [7, 11) is 1.50. The number of benzene rings is 2. The Morgan fingerprint density at radius 1 is 1.22 bits per heavy atom. The van der Waals surface area contributed by atoms with E-state index in [1.165, 1.54) is 13.2 Å². The molecule has 0 spiro atoms. The number of H-pyrrole nitrogens is 1. The van der Waals surface area contributed by atoms with Crippen molar-refractivity contribution < 1.29 is 18.7 Å². The summed E-state index contributed by atoms with van der Waals surface area (Å²) in [6, 6.07) is 13.1. The maximum atomic E-state index is 13.9. The quantitative estimate of drug-likeness (QED) is 0.263. The van der Waals surface area contributed by atoms with Crippen LogP contribution in [-0.2, 0) is 27.1 Å². The van der Waals surface area contributed by atoms with Crippen LogP contribution in [0.1, 0.15) is 62.4 Å². The van der Waals surface area contributed by atoms with Crippen LogP contribution in [0, 0.1) is 11.7 Å². The van der Waals surface area contributed by atoms with E-state index in [4.69, 9.17) is 9.47 Å². The van der Waals surface area contributed by atoms with Crippen molar-refractivity contribution in [2.75, 3.05) is 26.8 Å². The van der Waals surface area contributed by atoms with Crippen molar-refractivity contribution in [3.8, 4) is 0 Å². The van der Waals surface area contributed by atoms with Crippen LogP contribution in [-0.4, -0.2) is 48.3 Å². The Balaban J connectivity index is 1.35. The lowest BCUT2D eigenvalue weighted by Gasteiger charge is -2.46. The summed E-state index contributed by atoms with van der Waals surface area (Å²) in [5, 5.41) is 3.55. The molecular formula is C29H38FN3O3. The first-order valence-electron chi connectivity index (χ1n) is 13.1. The van der Waals surface area contributed by atoms with Gasteiger partial charge in [0.1, 0.15) is 23.8 Å². The molecule has 0 radical (unpaired) electrons. The number of imidazole rings is 1. The van der Waals surface area contributed by atoms with Gasteiger partial charge in [0.15, 0.2) is 0 Å². The zero-order chi connectivity index (χ0) is 25.5. The maximum absolute atomic E-state index is 13.9. The predicted octanol–water partition coefficient (Wildman–Crippen LogP) is 5.32. The van der Waals surface area contributed by atoms with E-state index in [9.17, 15) is 9.18 Å². The molecule has 0 fully saturated rings. The summed E-state index contributed by atoms with van der Waals surface area (Å²) < 4.78 is 25.2. The molecule has 1 aliphatic rings. The number of fused-ring (bicyclic) bond motifs is 2. The third-order valence-electron chi connectivity index (χ3n) is 7.25. The van der Waals surface area contributed by atoms with Gasteiger partial charge in [-0.25, -0.2) is 14.2 Å². The molecule has 36 heavy (non-hydrogen) atoms. The lowest BCUT2D eigenvalue weighted by molar-refractivity contribution is -0.171. The summed E-state index contributed by atoms with van der Waals surface area (Å²) in [6.07, 6.45) is 5.05. The van der Waals surface area contributed by atoms with E-state index < -0.39 is 5.60 Å². The Bertz CT molecular complexity index is 1130. The third kappa shape index (κ3) is 6.13. The Hall–Kier alpha value is -2.77. The van der Waals surface area contributed by atoms with Crippen molar-refractivity contribution in [3.05, 3.63) is 65.2 Å². The second-order valence-corrected chi connectivity index (χ2v) is 10.2. The van der Waals surface area contributed by atoms with Crippen molar-refractivity contribution in [2.24, 2.45) is 5.92 Å². The van der Waals surface area contributed by atoms with Crippen LogP contribution in [0.15, 0.2) is 42.5 Å². The van der Waals surface area contributed by atoms with Crippen LogP contribution in [0.3, 0.4) is 0 Å². The first-order valence-corrected chi connectivity index (χ1v) is 13.1. The van der Waals surface area contributed by atoms with Crippen LogP contribution < -0.4 is 5.32 Å². The average molecular weight is 496 g/mol. The number of ether oxygens (including phenoxy) is 2. The summed E-state index contributed by atoms with van der Waals surface area (Å²) in [6.45, 7) is 5.85. The number of para-hydroxylation sites is 2. The van der Waals surface area contributed by atoms with Gasteiger partial charge in [-0.2, -0.15) is 0 Å². The largest absolute Gasteiger partial charge is 0.457 e. The number of aromatic amines is 1. The summed E-state index contributed by atoms with van der Waals surface area (Å²) in [5.74, 6) is 0.687. The van der Waals surface area contributed by atoms with E-state index in [-0.39, 0.29) is 30.2 Å². The van der Waals surface area contributed by atoms with Gasteiger partial charge >= 0.3 is 5.97 Å². The predicted molar refractivity (Wildman–Crippen MR) is 140 cm³/mol. The Morgan fingerprint density at radius 3 is 2.83 bits per heavy atom. The number of hydrogen-bond acceptors (Lipinski definition) is 5. The van der Waals surface area contributed by atoms with Crippen molar-refractivity contribution in [1.82, 2.24) is 15.3 Å². The second-order valence-electron chi connectivity index (χ2n) is 10.2. The molecule has 2 aromatic carbocycles. The van der Waals surface area contributed by atoms with Crippen LogP contribution in [0.25, 0.3) is 11.0 Å². The SMILES string of the molecule is COCC(=O)OC1(CCNCCCCc2nc3ccccc3[nH]2)CCc2cc(F)ccc2C1C(C)C. The number of aryl methyl sites for hydroxylation is 2. The first-order chi connectivity index (χ1) is 17.4. The Labute approximate surface area is 213 Å². The van der Waals surface area contributed by atoms with Crippen LogP contribution in [0.4, 0.5) is 4.39 Å². The van der Waals surface area contributed by atoms with Crippen molar-refractivity contribution in [2.45, 2.75) is 63.9 Å². The second kappa shape index (κ2) is 12.0. The first kappa shape index (κ1) is 26.3. The van der Waals surface area contributed by atoms with Gasteiger partial charge in [-0.1, -0.05) is 32.0 Å². The fourth-order valence-corrected chi connectivity index (χ4v) is 5.76. The topological polar surface area (TPSA) is 76.2 Å². The lowest BCUT2D eigenvalue weighted by atomic mass is 9.65. The van der Waals surface area contributed by atoms with Crippen LogP contribution in [0.2, 0.25) is 0 Å².